The first kappa shape index (κ1) is 18.9. The van der Waals surface area contributed by atoms with Crippen LogP contribution in [0.3, 0.4) is 0 Å². The van der Waals surface area contributed by atoms with Crippen molar-refractivity contribution in [2.75, 3.05) is 39.8 Å². The number of carbonyl (C=O) groups excluding carboxylic acids is 1. The van der Waals surface area contributed by atoms with Gasteiger partial charge in [-0.15, -0.1) is 12.4 Å². The first-order chi connectivity index (χ1) is 11.0. The minimum absolute atomic E-state index is 0. The zero-order valence-electron chi connectivity index (χ0n) is 13.9. The Labute approximate surface area is 151 Å². The molecule has 6 nitrogen and oxygen atoms in total. The van der Waals surface area contributed by atoms with E-state index in [1.54, 1.807) is 11.6 Å². The van der Waals surface area contributed by atoms with Crippen molar-refractivity contribution >= 4 is 39.9 Å². The lowest BCUT2D eigenvalue weighted by molar-refractivity contribution is -0.132. The molecule has 1 amide bonds. The number of nitrogens with zero attached hydrogens (tertiary/aromatic N) is 3. The summed E-state index contributed by atoms with van der Waals surface area (Å²) in [6.45, 7) is 4.44. The molecule has 0 radical (unpaired) electrons. The molecule has 1 aliphatic rings. The van der Waals surface area contributed by atoms with Gasteiger partial charge in [0.05, 0.1) is 16.8 Å². The zero-order chi connectivity index (χ0) is 16.4. The third-order valence-corrected chi connectivity index (χ3v) is 5.18. The Balaban J connectivity index is 0.00000208. The number of likely N-dealkylation sites (N-methyl/N-ethyl adjacent to an activating group) is 1. The van der Waals surface area contributed by atoms with Crippen LogP contribution in [0.15, 0.2) is 23.0 Å². The summed E-state index contributed by atoms with van der Waals surface area (Å²) in [5, 5.41) is 3.25. The van der Waals surface area contributed by atoms with Crippen LogP contribution in [0, 0.1) is 0 Å². The van der Waals surface area contributed by atoms with Gasteiger partial charge in [0, 0.05) is 39.8 Å². The van der Waals surface area contributed by atoms with Gasteiger partial charge in [0.2, 0.25) is 5.91 Å². The Kier molecular flexibility index (Phi) is 6.40. The van der Waals surface area contributed by atoms with Gasteiger partial charge in [-0.25, -0.2) is 0 Å². The zero-order valence-corrected chi connectivity index (χ0v) is 15.6. The van der Waals surface area contributed by atoms with Crippen molar-refractivity contribution in [2.24, 2.45) is 7.05 Å². The Hall–Kier alpha value is -1.41. The summed E-state index contributed by atoms with van der Waals surface area (Å²) in [4.78, 5) is 28.0. The fraction of sp³-hybridized carbons (Fsp3) is 0.500. The minimum Gasteiger partial charge on any atom is -0.339 e. The monoisotopic (exact) mass is 370 g/mol. The topological polar surface area (TPSA) is 57.6 Å². The average Bonchev–Trinajstić information content (AvgIpc) is 2.82. The van der Waals surface area contributed by atoms with Crippen LogP contribution in [0.1, 0.15) is 5.56 Å². The predicted molar refractivity (Wildman–Crippen MR) is 100 cm³/mol. The summed E-state index contributed by atoms with van der Waals surface area (Å²) in [5.74, 6) is 0.180. The summed E-state index contributed by atoms with van der Waals surface area (Å²) < 4.78 is 2.67. The number of amides is 1. The lowest BCUT2D eigenvalue weighted by Crippen LogP contribution is -2.49. The van der Waals surface area contributed by atoms with Gasteiger partial charge < -0.3 is 14.8 Å². The van der Waals surface area contributed by atoms with Crippen LogP contribution in [0.2, 0.25) is 0 Å². The molecule has 1 fully saturated rings. The molecule has 24 heavy (non-hydrogen) atoms. The van der Waals surface area contributed by atoms with Crippen LogP contribution in [-0.4, -0.2) is 60.0 Å². The maximum atomic E-state index is 12.3. The van der Waals surface area contributed by atoms with E-state index < -0.39 is 0 Å². The van der Waals surface area contributed by atoms with Crippen LogP contribution >= 0.6 is 23.7 Å². The van der Waals surface area contributed by atoms with Gasteiger partial charge in [-0.05, 0) is 24.7 Å². The number of carbonyl (C=O) groups is 1. The van der Waals surface area contributed by atoms with Crippen molar-refractivity contribution in [1.29, 1.82) is 0 Å². The summed E-state index contributed by atoms with van der Waals surface area (Å²) in [6, 6.07) is 6.06. The van der Waals surface area contributed by atoms with Crippen molar-refractivity contribution < 1.29 is 4.79 Å². The van der Waals surface area contributed by atoms with Crippen LogP contribution in [0.25, 0.3) is 10.2 Å². The number of aryl methyl sites for hydroxylation is 1. The number of aromatic nitrogens is 1. The highest BCUT2D eigenvalue weighted by Crippen LogP contribution is 2.19. The highest BCUT2D eigenvalue weighted by molar-refractivity contribution is 7.16. The fourth-order valence-corrected chi connectivity index (χ4v) is 3.83. The van der Waals surface area contributed by atoms with Crippen LogP contribution < -0.4 is 10.2 Å². The van der Waals surface area contributed by atoms with Gasteiger partial charge in [0.1, 0.15) is 0 Å². The Morgan fingerprint density at radius 2 is 2.04 bits per heavy atom. The molecule has 0 atom stereocenters. The number of hydrogen-bond acceptors (Lipinski definition) is 5. The largest absolute Gasteiger partial charge is 0.339 e. The number of piperazine rings is 1. The second kappa shape index (κ2) is 8.11. The number of benzene rings is 1. The highest BCUT2D eigenvalue weighted by Gasteiger charge is 2.17. The van der Waals surface area contributed by atoms with Gasteiger partial charge in [0.15, 0.2) is 0 Å². The van der Waals surface area contributed by atoms with E-state index in [0.717, 1.165) is 42.0 Å². The molecule has 1 aromatic carbocycles. The maximum absolute atomic E-state index is 12.3. The molecule has 0 aliphatic carbocycles. The molecule has 0 unspecified atom stereocenters. The molecule has 1 N–H and O–H groups in total. The van der Waals surface area contributed by atoms with E-state index in [1.807, 2.05) is 35.0 Å². The summed E-state index contributed by atoms with van der Waals surface area (Å²) in [7, 11) is 3.75. The summed E-state index contributed by atoms with van der Waals surface area (Å²) in [6.07, 6.45) is 0. The smallest absolute Gasteiger partial charge is 0.307 e. The van der Waals surface area contributed by atoms with Crippen molar-refractivity contribution in [3.8, 4) is 0 Å². The minimum atomic E-state index is 0. The van der Waals surface area contributed by atoms with Gasteiger partial charge in [-0.1, -0.05) is 17.4 Å². The van der Waals surface area contributed by atoms with Crippen molar-refractivity contribution in [1.82, 2.24) is 19.7 Å². The Morgan fingerprint density at radius 3 is 2.75 bits per heavy atom. The number of fused-ring (bicyclic) bond motifs is 1. The maximum Gasteiger partial charge on any atom is 0.307 e. The molecule has 3 rings (SSSR count). The molecule has 8 heteroatoms. The molecule has 1 saturated heterocycles. The number of thiazole rings is 1. The van der Waals surface area contributed by atoms with E-state index >= 15 is 0 Å². The molecular formula is C16H23ClN4O2S. The standard InChI is InChI=1S/C16H22N4O2S.ClH/c1-18(11-15(21)20-7-5-17-6-8-20)10-12-3-4-13-14(9-12)23-16(22)19(13)2;/h3-4,9,17H,5-8,10-11H2,1-2H3;1H. The lowest BCUT2D eigenvalue weighted by atomic mass is 10.2. The van der Waals surface area contributed by atoms with E-state index in [1.165, 1.54) is 11.3 Å². The van der Waals surface area contributed by atoms with E-state index in [0.29, 0.717) is 13.1 Å². The fourth-order valence-electron chi connectivity index (χ4n) is 2.89. The summed E-state index contributed by atoms with van der Waals surface area (Å²) >= 11 is 1.26. The van der Waals surface area contributed by atoms with E-state index in [4.69, 9.17) is 0 Å². The van der Waals surface area contributed by atoms with Crippen molar-refractivity contribution in [3.63, 3.8) is 0 Å². The van der Waals surface area contributed by atoms with E-state index in [2.05, 4.69) is 5.32 Å². The molecule has 0 saturated carbocycles. The Bertz CT molecular complexity index is 767. The molecule has 1 aromatic heterocycles. The van der Waals surface area contributed by atoms with Crippen LogP contribution in [0.5, 0.6) is 0 Å². The second-order valence-corrected chi connectivity index (χ2v) is 7.03. The molecular weight excluding hydrogens is 348 g/mol. The average molecular weight is 371 g/mol. The third kappa shape index (κ3) is 4.16. The summed E-state index contributed by atoms with van der Waals surface area (Å²) in [5.41, 5.74) is 2.08. The first-order valence-corrected chi connectivity index (χ1v) is 8.62. The first-order valence-electron chi connectivity index (χ1n) is 7.80. The molecule has 2 heterocycles. The number of hydrogen-bond donors (Lipinski definition) is 1. The molecule has 1 aliphatic heterocycles. The van der Waals surface area contributed by atoms with Crippen LogP contribution in [-0.2, 0) is 18.4 Å². The van der Waals surface area contributed by atoms with Crippen LogP contribution in [0.4, 0.5) is 0 Å². The van der Waals surface area contributed by atoms with E-state index in [9.17, 15) is 9.59 Å². The number of halogens is 1. The second-order valence-electron chi connectivity index (χ2n) is 6.03. The normalized spacial score (nSPS) is 14.9. The third-order valence-electron chi connectivity index (χ3n) is 4.18. The molecule has 2 aromatic rings. The quantitative estimate of drug-likeness (QED) is 0.868. The molecule has 132 valence electrons. The predicted octanol–water partition coefficient (Wildman–Crippen LogP) is 0.885. The number of rotatable bonds is 4. The molecule has 0 spiro atoms. The number of nitrogens with one attached hydrogen (secondary N) is 1. The van der Waals surface area contributed by atoms with Crippen molar-refractivity contribution in [2.45, 2.75) is 6.54 Å². The lowest BCUT2D eigenvalue weighted by Gasteiger charge is -2.29. The SMILES string of the molecule is CN(CC(=O)N1CCNCC1)Cc1ccc2c(c1)sc(=O)n2C.Cl. The van der Waals surface area contributed by atoms with Gasteiger partial charge in [-0.3, -0.25) is 14.5 Å². The van der Waals surface area contributed by atoms with Gasteiger partial charge in [0.25, 0.3) is 0 Å². The molecule has 0 bridgehead atoms. The van der Waals surface area contributed by atoms with Gasteiger partial charge in [-0.2, -0.15) is 0 Å². The van der Waals surface area contributed by atoms with Gasteiger partial charge >= 0.3 is 4.87 Å². The van der Waals surface area contributed by atoms with Crippen molar-refractivity contribution in [3.05, 3.63) is 33.4 Å². The highest BCUT2D eigenvalue weighted by atomic mass is 35.5. The van der Waals surface area contributed by atoms with E-state index in [-0.39, 0.29) is 23.2 Å². The Morgan fingerprint density at radius 1 is 1.33 bits per heavy atom.